The van der Waals surface area contributed by atoms with Crippen LogP contribution in [0.2, 0.25) is 0 Å². The molecule has 178 valence electrons. The first-order valence-electron chi connectivity index (χ1n) is 9.90. The van der Waals surface area contributed by atoms with Crippen LogP contribution in [-0.4, -0.2) is 81.8 Å². The second-order valence-electron chi connectivity index (χ2n) is 7.18. The second-order valence-corrected chi connectivity index (χ2v) is 7.18. The lowest BCUT2D eigenvalue weighted by atomic mass is 10.1. The van der Waals surface area contributed by atoms with Gasteiger partial charge in [-0.2, -0.15) is 0 Å². The second kappa shape index (κ2) is 14.3. The van der Waals surface area contributed by atoms with E-state index in [1.54, 1.807) is 0 Å². The number of carbonyl (C=O) groups excluding carboxylic acids is 3. The summed E-state index contributed by atoms with van der Waals surface area (Å²) in [6.45, 7) is 2.87. The SMILES string of the molecule is CC(NC(=O)C(CCC(=O)O)NC(=O)C(NC(=O)C(N)CCCCN)C(C)O)C(=O)O. The van der Waals surface area contributed by atoms with Crippen molar-refractivity contribution in [1.29, 1.82) is 0 Å². The van der Waals surface area contributed by atoms with Crippen LogP contribution >= 0.6 is 0 Å². The summed E-state index contributed by atoms with van der Waals surface area (Å²) in [5.74, 6) is -5.12. The van der Waals surface area contributed by atoms with Crippen molar-refractivity contribution in [2.45, 2.75) is 76.2 Å². The number of amides is 3. The van der Waals surface area contributed by atoms with Gasteiger partial charge in [0, 0.05) is 6.42 Å². The van der Waals surface area contributed by atoms with Crippen LogP contribution in [0.4, 0.5) is 0 Å². The summed E-state index contributed by atoms with van der Waals surface area (Å²) >= 11 is 0. The summed E-state index contributed by atoms with van der Waals surface area (Å²) in [4.78, 5) is 58.9. The molecule has 0 saturated heterocycles. The van der Waals surface area contributed by atoms with Crippen molar-refractivity contribution in [2.24, 2.45) is 11.5 Å². The number of unbranched alkanes of at least 4 members (excludes halogenated alkanes) is 1. The van der Waals surface area contributed by atoms with Crippen LogP contribution in [0.1, 0.15) is 46.0 Å². The molecule has 0 radical (unpaired) electrons. The van der Waals surface area contributed by atoms with Gasteiger partial charge in [-0.3, -0.25) is 24.0 Å². The molecule has 0 spiro atoms. The third kappa shape index (κ3) is 11.3. The van der Waals surface area contributed by atoms with Gasteiger partial charge in [-0.1, -0.05) is 6.42 Å². The van der Waals surface area contributed by atoms with E-state index in [0.29, 0.717) is 25.8 Å². The van der Waals surface area contributed by atoms with Gasteiger partial charge in [-0.15, -0.1) is 0 Å². The Morgan fingerprint density at radius 3 is 1.97 bits per heavy atom. The Labute approximate surface area is 179 Å². The molecule has 0 saturated carbocycles. The molecule has 13 nitrogen and oxygen atoms in total. The van der Waals surface area contributed by atoms with Crippen LogP contribution in [0, 0.1) is 0 Å². The van der Waals surface area contributed by atoms with E-state index < -0.39 is 66.4 Å². The largest absolute Gasteiger partial charge is 0.481 e. The molecule has 0 heterocycles. The fraction of sp³-hybridized carbons (Fsp3) is 0.722. The number of carbonyl (C=O) groups is 5. The number of hydrogen-bond acceptors (Lipinski definition) is 8. The molecule has 0 aliphatic heterocycles. The maximum atomic E-state index is 12.6. The Kier molecular flexibility index (Phi) is 13.0. The minimum Gasteiger partial charge on any atom is -0.481 e. The Morgan fingerprint density at radius 1 is 0.871 bits per heavy atom. The molecule has 5 unspecified atom stereocenters. The summed E-state index contributed by atoms with van der Waals surface area (Å²) in [5, 5.41) is 34.4. The lowest BCUT2D eigenvalue weighted by Crippen LogP contribution is -2.59. The molecule has 13 heteroatoms. The van der Waals surface area contributed by atoms with Gasteiger partial charge in [0.1, 0.15) is 18.1 Å². The molecule has 0 fully saturated rings. The van der Waals surface area contributed by atoms with Gasteiger partial charge in [-0.05, 0) is 39.7 Å². The summed E-state index contributed by atoms with van der Waals surface area (Å²) in [5.41, 5.74) is 11.2. The summed E-state index contributed by atoms with van der Waals surface area (Å²) < 4.78 is 0. The number of nitrogens with one attached hydrogen (secondary N) is 3. The lowest BCUT2D eigenvalue weighted by molar-refractivity contribution is -0.142. The first-order valence-corrected chi connectivity index (χ1v) is 9.90. The van der Waals surface area contributed by atoms with Crippen LogP contribution in [0.5, 0.6) is 0 Å². The smallest absolute Gasteiger partial charge is 0.325 e. The molecule has 0 bridgehead atoms. The lowest BCUT2D eigenvalue weighted by Gasteiger charge is -2.26. The summed E-state index contributed by atoms with van der Waals surface area (Å²) in [6.07, 6.45) is -0.614. The highest BCUT2D eigenvalue weighted by atomic mass is 16.4. The summed E-state index contributed by atoms with van der Waals surface area (Å²) in [6, 6.07) is -5.09. The average Bonchev–Trinajstić information content (AvgIpc) is 2.68. The molecule has 0 aliphatic rings. The average molecular weight is 447 g/mol. The third-order valence-corrected chi connectivity index (χ3v) is 4.38. The van der Waals surface area contributed by atoms with Gasteiger partial charge in [0.25, 0.3) is 0 Å². The van der Waals surface area contributed by atoms with Gasteiger partial charge in [0.05, 0.1) is 12.1 Å². The molecule has 0 aromatic rings. The first-order chi connectivity index (χ1) is 14.4. The number of rotatable bonds is 15. The highest BCUT2D eigenvalue weighted by Gasteiger charge is 2.32. The van der Waals surface area contributed by atoms with E-state index in [9.17, 15) is 29.1 Å². The number of carboxylic acid groups (broad SMARTS) is 2. The van der Waals surface area contributed by atoms with Crippen LogP contribution in [0.25, 0.3) is 0 Å². The molecule has 31 heavy (non-hydrogen) atoms. The Balaban J connectivity index is 5.23. The van der Waals surface area contributed by atoms with Gasteiger partial charge in [0.2, 0.25) is 17.7 Å². The van der Waals surface area contributed by atoms with Crippen LogP contribution < -0.4 is 27.4 Å². The predicted octanol–water partition coefficient (Wildman–Crippen LogP) is -2.75. The zero-order valence-corrected chi connectivity index (χ0v) is 17.7. The van der Waals surface area contributed by atoms with Gasteiger partial charge in [-0.25, -0.2) is 0 Å². The molecular formula is C18H33N5O8. The molecule has 0 aromatic heterocycles. The third-order valence-electron chi connectivity index (χ3n) is 4.38. The quantitative estimate of drug-likeness (QED) is 0.120. The number of aliphatic carboxylic acids is 2. The topological polar surface area (TPSA) is 234 Å². The molecule has 5 atom stereocenters. The van der Waals surface area contributed by atoms with E-state index in [-0.39, 0.29) is 6.42 Å². The monoisotopic (exact) mass is 447 g/mol. The van der Waals surface area contributed by atoms with Gasteiger partial charge >= 0.3 is 11.9 Å². The Morgan fingerprint density at radius 2 is 1.48 bits per heavy atom. The molecule has 0 aromatic carbocycles. The maximum absolute atomic E-state index is 12.6. The van der Waals surface area contributed by atoms with Gasteiger partial charge in [0.15, 0.2) is 0 Å². The van der Waals surface area contributed by atoms with Crippen molar-refractivity contribution in [2.75, 3.05) is 6.54 Å². The number of nitrogens with two attached hydrogens (primary N) is 2. The fourth-order valence-corrected chi connectivity index (χ4v) is 2.48. The molecular weight excluding hydrogens is 414 g/mol. The Hall–Kier alpha value is -2.77. The maximum Gasteiger partial charge on any atom is 0.325 e. The van der Waals surface area contributed by atoms with Crippen molar-refractivity contribution < 1.29 is 39.3 Å². The molecule has 0 rings (SSSR count). The van der Waals surface area contributed by atoms with E-state index in [1.807, 2.05) is 0 Å². The summed E-state index contributed by atoms with van der Waals surface area (Å²) in [7, 11) is 0. The highest BCUT2D eigenvalue weighted by molar-refractivity contribution is 5.94. The van der Waals surface area contributed by atoms with Crippen molar-refractivity contribution in [3.05, 3.63) is 0 Å². The normalized spacial score (nSPS) is 15.6. The number of carboxylic acids is 2. The Bertz CT molecular complexity index is 642. The van der Waals surface area contributed by atoms with Crippen LogP contribution in [0.15, 0.2) is 0 Å². The van der Waals surface area contributed by atoms with Crippen molar-refractivity contribution in [3.8, 4) is 0 Å². The number of aliphatic hydroxyl groups excluding tert-OH is 1. The minimum absolute atomic E-state index is 0.313. The first kappa shape index (κ1) is 28.2. The molecule has 0 aliphatic carbocycles. The number of hydrogen-bond donors (Lipinski definition) is 8. The van der Waals surface area contributed by atoms with E-state index in [4.69, 9.17) is 21.7 Å². The van der Waals surface area contributed by atoms with Gasteiger partial charge < -0.3 is 42.7 Å². The van der Waals surface area contributed by atoms with Crippen molar-refractivity contribution >= 4 is 29.7 Å². The zero-order valence-electron chi connectivity index (χ0n) is 17.7. The minimum atomic E-state index is -1.47. The van der Waals surface area contributed by atoms with Crippen LogP contribution in [-0.2, 0) is 24.0 Å². The highest BCUT2D eigenvalue weighted by Crippen LogP contribution is 2.04. The predicted molar refractivity (Wildman–Crippen MR) is 109 cm³/mol. The van der Waals surface area contributed by atoms with E-state index in [2.05, 4.69) is 16.0 Å². The molecule has 3 amide bonds. The van der Waals surface area contributed by atoms with E-state index >= 15 is 0 Å². The number of aliphatic hydroxyl groups is 1. The van der Waals surface area contributed by atoms with E-state index in [1.165, 1.54) is 13.8 Å². The molecule has 10 N–H and O–H groups in total. The van der Waals surface area contributed by atoms with Crippen molar-refractivity contribution in [3.63, 3.8) is 0 Å². The standard InChI is InChI=1S/C18H33N5O8/c1-9(18(30)31)21-16(28)12(6-7-13(25)26)22-17(29)14(10(2)24)23-15(27)11(20)5-3-4-8-19/h9-12,14,24H,3-8,19-20H2,1-2H3,(H,21,28)(H,22,29)(H,23,27)(H,25,26)(H,30,31). The zero-order chi connectivity index (χ0) is 24.1. The fourth-order valence-electron chi connectivity index (χ4n) is 2.48. The van der Waals surface area contributed by atoms with Crippen molar-refractivity contribution in [1.82, 2.24) is 16.0 Å². The van der Waals surface area contributed by atoms with E-state index in [0.717, 1.165) is 0 Å². The van der Waals surface area contributed by atoms with Crippen LogP contribution in [0.3, 0.4) is 0 Å².